The Morgan fingerprint density at radius 2 is 1.76 bits per heavy atom. The van der Waals surface area contributed by atoms with Gasteiger partial charge in [0.2, 0.25) is 0 Å². The van der Waals surface area contributed by atoms with Gasteiger partial charge in [0, 0.05) is 12.5 Å². The molecule has 0 bridgehead atoms. The van der Waals surface area contributed by atoms with Crippen LogP contribution in [0.5, 0.6) is 0 Å². The summed E-state index contributed by atoms with van der Waals surface area (Å²) in [6.45, 7) is 3.06. The van der Waals surface area contributed by atoms with Gasteiger partial charge in [-0.2, -0.15) is 0 Å². The number of allylic oxidation sites excluding steroid dienone is 2. The molecule has 0 amide bonds. The van der Waals surface area contributed by atoms with Crippen LogP contribution in [-0.2, 0) is 4.79 Å². The van der Waals surface area contributed by atoms with Gasteiger partial charge in [-0.3, -0.25) is 0 Å². The number of carbonyl (C=O) groups is 1. The van der Waals surface area contributed by atoms with Crippen LogP contribution in [0.1, 0.15) is 51.9 Å². The first-order chi connectivity index (χ1) is 8.20. The molecule has 17 heavy (non-hydrogen) atoms. The molecule has 1 unspecified atom stereocenters. The van der Waals surface area contributed by atoms with Gasteiger partial charge in [-0.05, 0) is 39.8 Å². The first-order valence-electron chi connectivity index (χ1n) is 6.95. The maximum absolute atomic E-state index is 10.8. The van der Waals surface area contributed by atoms with Crippen molar-refractivity contribution in [3.8, 4) is 0 Å². The summed E-state index contributed by atoms with van der Waals surface area (Å²) in [6, 6.07) is 0. The third kappa shape index (κ3) is 11.6. The summed E-state index contributed by atoms with van der Waals surface area (Å²) >= 11 is 0. The van der Waals surface area contributed by atoms with E-state index in [1.54, 1.807) is 0 Å². The summed E-state index contributed by atoms with van der Waals surface area (Å²) in [7, 11) is 4.05. The number of carbonyl (C=O) groups excluding carboxylic acids is 1. The molecule has 0 heterocycles. The molecule has 0 saturated heterocycles. The lowest BCUT2D eigenvalue weighted by Gasteiger charge is -2.15. The summed E-state index contributed by atoms with van der Waals surface area (Å²) in [4.78, 5) is 12.9. The summed E-state index contributed by atoms with van der Waals surface area (Å²) < 4.78 is 0. The summed E-state index contributed by atoms with van der Waals surface area (Å²) in [5.74, 6) is 0.227. The minimum Gasteiger partial charge on any atom is -0.309 e. The van der Waals surface area contributed by atoms with E-state index in [0.717, 1.165) is 25.7 Å². The van der Waals surface area contributed by atoms with Crippen molar-refractivity contribution in [1.29, 1.82) is 0 Å². The normalized spacial score (nSPS) is 13.4. The number of unbranched alkanes of at least 4 members (excludes halogenated alkanes) is 4. The van der Waals surface area contributed by atoms with Crippen molar-refractivity contribution in [2.24, 2.45) is 5.92 Å². The van der Waals surface area contributed by atoms with Gasteiger partial charge in [0.15, 0.2) is 0 Å². The fourth-order valence-electron chi connectivity index (χ4n) is 1.98. The van der Waals surface area contributed by atoms with Crippen LogP contribution in [0.15, 0.2) is 12.2 Å². The molecule has 0 aliphatic heterocycles. The second kappa shape index (κ2) is 11.8. The fourth-order valence-corrected chi connectivity index (χ4v) is 1.98. The van der Waals surface area contributed by atoms with Crippen molar-refractivity contribution in [3.05, 3.63) is 12.2 Å². The zero-order chi connectivity index (χ0) is 12.9. The van der Waals surface area contributed by atoms with Crippen molar-refractivity contribution in [2.75, 3.05) is 20.6 Å². The second-order valence-corrected chi connectivity index (χ2v) is 5.03. The third-order valence-corrected chi connectivity index (χ3v) is 2.89. The lowest BCUT2D eigenvalue weighted by atomic mass is 10.0. The first-order valence-corrected chi connectivity index (χ1v) is 6.95. The fraction of sp³-hybridized carbons (Fsp3) is 0.800. The van der Waals surface area contributed by atoms with Crippen molar-refractivity contribution in [2.45, 2.75) is 51.9 Å². The molecule has 0 aromatic heterocycles. The van der Waals surface area contributed by atoms with Gasteiger partial charge in [-0.25, -0.2) is 0 Å². The average molecular weight is 239 g/mol. The third-order valence-electron chi connectivity index (χ3n) is 2.89. The smallest absolute Gasteiger partial charge is 0.124 e. The summed E-state index contributed by atoms with van der Waals surface area (Å²) in [5.41, 5.74) is 0. The van der Waals surface area contributed by atoms with Gasteiger partial charge in [0.1, 0.15) is 6.29 Å². The van der Waals surface area contributed by atoms with E-state index in [1.165, 1.54) is 32.1 Å². The van der Waals surface area contributed by atoms with Crippen LogP contribution in [0.3, 0.4) is 0 Å². The Labute approximate surface area is 107 Å². The van der Waals surface area contributed by atoms with Gasteiger partial charge in [0.25, 0.3) is 0 Å². The number of rotatable bonds is 11. The molecular weight excluding hydrogens is 210 g/mol. The Bertz CT molecular complexity index is 199. The first kappa shape index (κ1) is 16.4. The lowest BCUT2D eigenvalue weighted by Crippen LogP contribution is -2.22. The molecule has 0 radical (unpaired) electrons. The number of nitrogens with zero attached hydrogens (tertiary/aromatic N) is 1. The highest BCUT2D eigenvalue weighted by Gasteiger charge is 2.07. The van der Waals surface area contributed by atoms with Gasteiger partial charge in [0.05, 0.1) is 0 Å². The molecule has 100 valence electrons. The molecule has 2 heteroatoms. The maximum Gasteiger partial charge on any atom is 0.124 e. The minimum absolute atomic E-state index is 0.227. The molecule has 0 fully saturated rings. The van der Waals surface area contributed by atoms with E-state index in [-0.39, 0.29) is 5.92 Å². The van der Waals surface area contributed by atoms with Gasteiger partial charge in [-0.1, -0.05) is 38.3 Å². The zero-order valence-electron chi connectivity index (χ0n) is 11.8. The standard InChI is InChI=1S/C15H29NO/c1-4-5-6-7-8-9-10-11-12-15(14-17)13-16(2)3/h5-6,14-15H,4,7-13H2,1-3H3/b6-5+. The topological polar surface area (TPSA) is 20.3 Å². The minimum atomic E-state index is 0.227. The predicted molar refractivity (Wildman–Crippen MR) is 75.2 cm³/mol. The molecular formula is C15H29NO. The van der Waals surface area contributed by atoms with Crippen molar-refractivity contribution < 1.29 is 4.79 Å². The van der Waals surface area contributed by atoms with Crippen LogP contribution in [0.2, 0.25) is 0 Å². The molecule has 2 nitrogen and oxygen atoms in total. The Morgan fingerprint density at radius 3 is 2.35 bits per heavy atom. The molecule has 0 aromatic rings. The van der Waals surface area contributed by atoms with Gasteiger partial charge < -0.3 is 9.69 Å². The highest BCUT2D eigenvalue weighted by atomic mass is 16.1. The molecule has 0 N–H and O–H groups in total. The van der Waals surface area contributed by atoms with Gasteiger partial charge in [-0.15, -0.1) is 0 Å². The SMILES string of the molecule is CC/C=C/CCCCCCC(C=O)CN(C)C. The summed E-state index contributed by atoms with van der Waals surface area (Å²) in [5, 5.41) is 0. The van der Waals surface area contributed by atoms with Gasteiger partial charge >= 0.3 is 0 Å². The largest absolute Gasteiger partial charge is 0.309 e. The molecule has 0 aliphatic carbocycles. The Morgan fingerprint density at radius 1 is 1.06 bits per heavy atom. The van der Waals surface area contributed by atoms with Crippen LogP contribution < -0.4 is 0 Å². The molecule has 1 atom stereocenters. The van der Waals surface area contributed by atoms with E-state index in [4.69, 9.17) is 0 Å². The Kier molecular flexibility index (Phi) is 11.4. The lowest BCUT2D eigenvalue weighted by molar-refractivity contribution is -0.111. The van der Waals surface area contributed by atoms with E-state index < -0.39 is 0 Å². The molecule has 0 saturated carbocycles. The number of aldehydes is 1. The molecule has 0 aromatic carbocycles. The van der Waals surface area contributed by atoms with E-state index in [0.29, 0.717) is 0 Å². The average Bonchev–Trinajstić information content (AvgIpc) is 2.30. The van der Waals surface area contributed by atoms with Crippen LogP contribution in [0.4, 0.5) is 0 Å². The molecule has 0 aliphatic rings. The van der Waals surface area contributed by atoms with Crippen LogP contribution in [-0.4, -0.2) is 31.8 Å². The van der Waals surface area contributed by atoms with E-state index in [2.05, 4.69) is 24.0 Å². The van der Waals surface area contributed by atoms with E-state index >= 15 is 0 Å². The summed E-state index contributed by atoms with van der Waals surface area (Å²) in [6.07, 6.45) is 14.1. The maximum atomic E-state index is 10.8. The predicted octanol–water partition coefficient (Wildman–Crippen LogP) is 3.67. The van der Waals surface area contributed by atoms with Crippen molar-refractivity contribution in [1.82, 2.24) is 4.90 Å². The quantitative estimate of drug-likeness (QED) is 0.311. The van der Waals surface area contributed by atoms with Crippen LogP contribution in [0, 0.1) is 5.92 Å². The number of hydrogen-bond donors (Lipinski definition) is 0. The Balaban J connectivity index is 3.36. The second-order valence-electron chi connectivity index (χ2n) is 5.03. The molecule has 0 rings (SSSR count). The van der Waals surface area contributed by atoms with Crippen LogP contribution >= 0.6 is 0 Å². The van der Waals surface area contributed by atoms with Crippen molar-refractivity contribution in [3.63, 3.8) is 0 Å². The monoisotopic (exact) mass is 239 g/mol. The van der Waals surface area contributed by atoms with E-state index in [9.17, 15) is 4.79 Å². The van der Waals surface area contributed by atoms with E-state index in [1.807, 2.05) is 14.1 Å². The van der Waals surface area contributed by atoms with Crippen LogP contribution in [0.25, 0.3) is 0 Å². The highest BCUT2D eigenvalue weighted by molar-refractivity contribution is 5.53. The highest BCUT2D eigenvalue weighted by Crippen LogP contribution is 2.11. The zero-order valence-corrected chi connectivity index (χ0v) is 11.8. The Hall–Kier alpha value is -0.630. The molecule has 0 spiro atoms. The number of hydrogen-bond acceptors (Lipinski definition) is 2. The van der Waals surface area contributed by atoms with Crippen molar-refractivity contribution >= 4 is 6.29 Å².